The largest absolute Gasteiger partial charge is 0.396 e. The number of nitrogen functional groups attached to an aromatic ring is 1. The zero-order valence-corrected chi connectivity index (χ0v) is 13.2. The zero-order chi connectivity index (χ0) is 14.7. The number of carbonyl (C=O) groups is 1. The molecule has 1 fully saturated rings. The molecule has 0 aliphatic heterocycles. The molecule has 110 valence electrons. The van der Waals surface area contributed by atoms with E-state index in [1.54, 1.807) is 0 Å². The van der Waals surface area contributed by atoms with Gasteiger partial charge in [0.1, 0.15) is 5.82 Å². The third-order valence-electron chi connectivity index (χ3n) is 4.14. The predicted octanol–water partition coefficient (Wildman–Crippen LogP) is 3.73. The SMILES string of the molecule is CC1CCCCC1CNC(=O)c1cc(N)c(F)cc1Br. The van der Waals surface area contributed by atoms with Gasteiger partial charge >= 0.3 is 0 Å². The van der Waals surface area contributed by atoms with Gasteiger partial charge in [0, 0.05) is 11.0 Å². The summed E-state index contributed by atoms with van der Waals surface area (Å²) in [7, 11) is 0. The fourth-order valence-electron chi connectivity index (χ4n) is 2.76. The van der Waals surface area contributed by atoms with Crippen LogP contribution >= 0.6 is 15.9 Å². The molecule has 0 aromatic heterocycles. The van der Waals surface area contributed by atoms with Crippen LogP contribution in [0, 0.1) is 17.7 Å². The molecule has 1 aromatic carbocycles. The summed E-state index contributed by atoms with van der Waals surface area (Å²) in [5, 5.41) is 2.94. The molecular formula is C15H20BrFN2O. The number of nitrogens with two attached hydrogens (primary N) is 1. The third-order valence-corrected chi connectivity index (χ3v) is 4.80. The number of halogens is 2. The monoisotopic (exact) mass is 342 g/mol. The summed E-state index contributed by atoms with van der Waals surface area (Å²) >= 11 is 3.20. The minimum absolute atomic E-state index is 0.00983. The van der Waals surface area contributed by atoms with Crippen LogP contribution in [0.1, 0.15) is 43.0 Å². The first-order valence-electron chi connectivity index (χ1n) is 7.01. The molecule has 1 aliphatic rings. The second-order valence-corrected chi connectivity index (χ2v) is 6.44. The molecular weight excluding hydrogens is 323 g/mol. The predicted molar refractivity (Wildman–Crippen MR) is 82.0 cm³/mol. The Morgan fingerprint density at radius 2 is 2.15 bits per heavy atom. The molecule has 0 heterocycles. The van der Waals surface area contributed by atoms with Crippen molar-refractivity contribution in [3.05, 3.63) is 28.0 Å². The number of nitrogens with one attached hydrogen (secondary N) is 1. The minimum atomic E-state index is -0.519. The molecule has 20 heavy (non-hydrogen) atoms. The quantitative estimate of drug-likeness (QED) is 0.822. The average molecular weight is 343 g/mol. The van der Waals surface area contributed by atoms with E-state index in [-0.39, 0.29) is 11.6 Å². The van der Waals surface area contributed by atoms with E-state index in [0.29, 0.717) is 28.4 Å². The van der Waals surface area contributed by atoms with Crippen molar-refractivity contribution in [3.8, 4) is 0 Å². The van der Waals surface area contributed by atoms with Crippen LogP contribution in [0.3, 0.4) is 0 Å². The Kier molecular flexibility index (Phi) is 5.02. The van der Waals surface area contributed by atoms with Gasteiger partial charge in [-0.05, 0) is 46.3 Å². The Bertz CT molecular complexity index is 507. The lowest BCUT2D eigenvalue weighted by Gasteiger charge is -2.28. The molecule has 3 nitrogen and oxygen atoms in total. The Labute approximate surface area is 127 Å². The highest BCUT2D eigenvalue weighted by molar-refractivity contribution is 9.10. The van der Waals surface area contributed by atoms with Crippen LogP contribution in [0.2, 0.25) is 0 Å². The fraction of sp³-hybridized carbons (Fsp3) is 0.533. The van der Waals surface area contributed by atoms with E-state index in [2.05, 4.69) is 28.2 Å². The lowest BCUT2D eigenvalue weighted by molar-refractivity contribution is 0.0935. The van der Waals surface area contributed by atoms with Gasteiger partial charge in [0.15, 0.2) is 0 Å². The molecule has 1 aromatic rings. The Balaban J connectivity index is 2.00. The van der Waals surface area contributed by atoms with Crippen molar-refractivity contribution in [2.24, 2.45) is 11.8 Å². The smallest absolute Gasteiger partial charge is 0.252 e. The van der Waals surface area contributed by atoms with Gasteiger partial charge in [-0.2, -0.15) is 0 Å². The molecule has 1 aliphatic carbocycles. The third kappa shape index (κ3) is 3.51. The summed E-state index contributed by atoms with van der Waals surface area (Å²) in [6, 6.07) is 2.60. The van der Waals surface area contributed by atoms with Gasteiger partial charge in [-0.3, -0.25) is 4.79 Å². The number of benzene rings is 1. The van der Waals surface area contributed by atoms with Crippen molar-refractivity contribution in [2.45, 2.75) is 32.6 Å². The molecule has 2 rings (SSSR count). The van der Waals surface area contributed by atoms with Crippen molar-refractivity contribution in [1.29, 1.82) is 0 Å². The Hall–Kier alpha value is -1.10. The number of amides is 1. The second kappa shape index (κ2) is 6.57. The molecule has 2 atom stereocenters. The highest BCUT2D eigenvalue weighted by Gasteiger charge is 2.22. The van der Waals surface area contributed by atoms with E-state index in [9.17, 15) is 9.18 Å². The van der Waals surface area contributed by atoms with Crippen LogP contribution in [0.25, 0.3) is 0 Å². The van der Waals surface area contributed by atoms with Crippen LogP contribution in [0.15, 0.2) is 16.6 Å². The molecule has 0 spiro atoms. The molecule has 0 radical (unpaired) electrons. The van der Waals surface area contributed by atoms with Crippen molar-refractivity contribution in [2.75, 3.05) is 12.3 Å². The first-order valence-corrected chi connectivity index (χ1v) is 7.81. The summed E-state index contributed by atoms with van der Waals surface area (Å²) in [5.74, 6) is 0.450. The Morgan fingerprint density at radius 3 is 2.85 bits per heavy atom. The van der Waals surface area contributed by atoms with Crippen molar-refractivity contribution >= 4 is 27.5 Å². The maximum absolute atomic E-state index is 13.3. The van der Waals surface area contributed by atoms with Crippen molar-refractivity contribution in [1.82, 2.24) is 5.32 Å². The minimum Gasteiger partial charge on any atom is -0.396 e. The van der Waals surface area contributed by atoms with Crippen LogP contribution in [-0.2, 0) is 0 Å². The van der Waals surface area contributed by atoms with Crippen molar-refractivity contribution in [3.63, 3.8) is 0 Å². The van der Waals surface area contributed by atoms with Crippen molar-refractivity contribution < 1.29 is 9.18 Å². The number of carbonyl (C=O) groups excluding carboxylic acids is 1. The van der Waals surface area contributed by atoms with Gasteiger partial charge in [-0.15, -0.1) is 0 Å². The van der Waals surface area contributed by atoms with Gasteiger partial charge in [0.25, 0.3) is 5.91 Å². The maximum Gasteiger partial charge on any atom is 0.252 e. The summed E-state index contributed by atoms with van der Waals surface area (Å²) < 4.78 is 13.7. The summed E-state index contributed by atoms with van der Waals surface area (Å²) in [6.07, 6.45) is 4.91. The highest BCUT2D eigenvalue weighted by Crippen LogP contribution is 2.29. The van der Waals surface area contributed by atoms with E-state index in [0.717, 1.165) is 6.42 Å². The van der Waals surface area contributed by atoms with Gasteiger partial charge < -0.3 is 11.1 Å². The molecule has 0 bridgehead atoms. The first-order chi connectivity index (χ1) is 9.49. The van der Waals surface area contributed by atoms with Gasteiger partial charge in [-0.25, -0.2) is 4.39 Å². The number of anilines is 1. The summed E-state index contributed by atoms with van der Waals surface area (Å²) in [6.45, 7) is 2.91. The van der Waals surface area contributed by atoms with Gasteiger partial charge in [-0.1, -0.05) is 26.2 Å². The van der Waals surface area contributed by atoms with E-state index >= 15 is 0 Å². The lowest BCUT2D eigenvalue weighted by Crippen LogP contribution is -2.33. The number of hydrogen-bond donors (Lipinski definition) is 2. The normalized spacial score (nSPS) is 22.6. The molecule has 5 heteroatoms. The maximum atomic E-state index is 13.3. The Morgan fingerprint density at radius 1 is 1.45 bits per heavy atom. The lowest BCUT2D eigenvalue weighted by atomic mass is 9.80. The topological polar surface area (TPSA) is 55.1 Å². The zero-order valence-electron chi connectivity index (χ0n) is 11.6. The van der Waals surface area contributed by atoms with E-state index < -0.39 is 5.82 Å². The van der Waals surface area contributed by atoms with Gasteiger partial charge in [0.05, 0.1) is 11.3 Å². The van der Waals surface area contributed by atoms with E-state index in [1.165, 1.54) is 31.4 Å². The average Bonchev–Trinajstić information content (AvgIpc) is 2.41. The molecule has 2 unspecified atom stereocenters. The van der Waals surface area contributed by atoms with E-state index in [1.807, 2.05) is 0 Å². The number of hydrogen-bond acceptors (Lipinski definition) is 2. The highest BCUT2D eigenvalue weighted by atomic mass is 79.9. The molecule has 1 amide bonds. The van der Waals surface area contributed by atoms with Crippen LogP contribution in [-0.4, -0.2) is 12.5 Å². The molecule has 3 N–H and O–H groups in total. The number of rotatable bonds is 3. The summed E-state index contributed by atoms with van der Waals surface area (Å²) in [5.41, 5.74) is 5.88. The second-order valence-electron chi connectivity index (χ2n) is 5.59. The van der Waals surface area contributed by atoms with Crippen LogP contribution in [0.4, 0.5) is 10.1 Å². The van der Waals surface area contributed by atoms with E-state index in [4.69, 9.17) is 5.73 Å². The summed E-state index contributed by atoms with van der Waals surface area (Å²) in [4.78, 5) is 12.2. The molecule has 1 saturated carbocycles. The first kappa shape index (κ1) is 15.3. The van der Waals surface area contributed by atoms with Crippen LogP contribution < -0.4 is 11.1 Å². The standard InChI is InChI=1S/C15H20BrFN2O/c1-9-4-2-3-5-10(9)8-19-15(20)11-6-14(18)13(17)7-12(11)16/h6-7,9-10H,2-5,8,18H2,1H3,(H,19,20). The molecule has 0 saturated heterocycles. The fourth-order valence-corrected chi connectivity index (χ4v) is 3.25. The van der Waals surface area contributed by atoms with Gasteiger partial charge in [0.2, 0.25) is 0 Å². The van der Waals surface area contributed by atoms with Crippen LogP contribution in [0.5, 0.6) is 0 Å².